The van der Waals surface area contributed by atoms with E-state index in [-0.39, 0.29) is 5.56 Å². The molecular formula is C13H16N4O3S. The van der Waals surface area contributed by atoms with Gasteiger partial charge in [-0.15, -0.1) is 0 Å². The molecule has 7 nitrogen and oxygen atoms in total. The molecule has 0 aliphatic carbocycles. The summed E-state index contributed by atoms with van der Waals surface area (Å²) in [4.78, 5) is 23.8. The molecule has 0 saturated heterocycles. The van der Waals surface area contributed by atoms with Crippen LogP contribution in [0.5, 0.6) is 0 Å². The molecule has 0 spiro atoms. The van der Waals surface area contributed by atoms with Gasteiger partial charge in [-0.25, -0.2) is 14.8 Å². The average Bonchev–Trinajstić information content (AvgIpc) is 2.83. The van der Waals surface area contributed by atoms with Crippen molar-refractivity contribution < 1.29 is 14.4 Å². The number of aromatic nitrogens is 4. The Kier molecular flexibility index (Phi) is 4.89. The van der Waals surface area contributed by atoms with Crippen LogP contribution in [0.15, 0.2) is 9.55 Å². The molecule has 0 aliphatic rings. The van der Waals surface area contributed by atoms with Gasteiger partial charge < -0.3 is 9.63 Å². The fraction of sp³-hybridized carbons (Fsp3) is 0.462. The number of nitrogens with zero attached hydrogens (tertiary/aromatic N) is 4. The number of aromatic carboxylic acids is 1. The third-order valence-corrected chi connectivity index (χ3v) is 3.66. The predicted octanol–water partition coefficient (Wildman–Crippen LogP) is 2.42. The first kappa shape index (κ1) is 15.4. The third-order valence-electron chi connectivity index (χ3n) is 2.70. The summed E-state index contributed by atoms with van der Waals surface area (Å²) in [6, 6.07) is 0. The molecule has 0 saturated carbocycles. The van der Waals surface area contributed by atoms with Crippen LogP contribution in [0, 0.1) is 13.8 Å². The highest BCUT2D eigenvalue weighted by atomic mass is 32.2. The third kappa shape index (κ3) is 3.78. The van der Waals surface area contributed by atoms with E-state index in [9.17, 15) is 9.90 Å². The molecule has 0 bridgehead atoms. The zero-order valence-corrected chi connectivity index (χ0v) is 12.9. The van der Waals surface area contributed by atoms with Crippen molar-refractivity contribution in [2.75, 3.05) is 0 Å². The Morgan fingerprint density at radius 3 is 2.71 bits per heavy atom. The number of hydrogen-bond acceptors (Lipinski definition) is 7. The summed E-state index contributed by atoms with van der Waals surface area (Å²) in [7, 11) is 0. The summed E-state index contributed by atoms with van der Waals surface area (Å²) in [6.07, 6.45) is 1.71. The molecule has 2 aromatic heterocycles. The Bertz CT molecular complexity index is 657. The Morgan fingerprint density at radius 2 is 2.05 bits per heavy atom. The van der Waals surface area contributed by atoms with Crippen molar-refractivity contribution in [1.82, 2.24) is 20.1 Å². The molecule has 8 heteroatoms. The Labute approximate surface area is 126 Å². The van der Waals surface area contributed by atoms with Crippen molar-refractivity contribution in [3.05, 3.63) is 28.8 Å². The smallest absolute Gasteiger partial charge is 0.340 e. The van der Waals surface area contributed by atoms with Crippen molar-refractivity contribution in [2.24, 2.45) is 0 Å². The van der Waals surface area contributed by atoms with E-state index < -0.39 is 5.97 Å². The standard InChI is InChI=1S/C13H16N4O3S/c1-4-5-9-16-10(20-17-9)6-21-12-11(13(18)19)7(2)14-8(3)15-12/h4-6H2,1-3H3,(H,18,19). The summed E-state index contributed by atoms with van der Waals surface area (Å²) < 4.78 is 5.13. The van der Waals surface area contributed by atoms with E-state index in [0.29, 0.717) is 34.0 Å². The normalized spacial score (nSPS) is 10.8. The number of carboxylic acids is 1. The molecule has 112 valence electrons. The lowest BCUT2D eigenvalue weighted by Gasteiger charge is -2.07. The van der Waals surface area contributed by atoms with Gasteiger partial charge in [-0.2, -0.15) is 4.98 Å². The number of carboxylic acid groups (broad SMARTS) is 1. The number of rotatable bonds is 6. The quantitative estimate of drug-likeness (QED) is 0.641. The molecule has 0 unspecified atom stereocenters. The highest BCUT2D eigenvalue weighted by molar-refractivity contribution is 7.98. The van der Waals surface area contributed by atoms with Crippen molar-refractivity contribution in [1.29, 1.82) is 0 Å². The van der Waals surface area contributed by atoms with Gasteiger partial charge in [0.15, 0.2) is 5.82 Å². The summed E-state index contributed by atoms with van der Waals surface area (Å²) >= 11 is 1.26. The lowest BCUT2D eigenvalue weighted by Crippen LogP contribution is -2.08. The molecule has 1 N–H and O–H groups in total. The minimum Gasteiger partial charge on any atom is -0.478 e. The SMILES string of the molecule is CCCc1noc(CSc2nc(C)nc(C)c2C(=O)O)n1. The van der Waals surface area contributed by atoms with Crippen molar-refractivity contribution in [2.45, 2.75) is 44.4 Å². The van der Waals surface area contributed by atoms with E-state index in [0.717, 1.165) is 12.8 Å². The van der Waals surface area contributed by atoms with E-state index in [2.05, 4.69) is 20.1 Å². The Morgan fingerprint density at radius 1 is 1.29 bits per heavy atom. The van der Waals surface area contributed by atoms with Crippen molar-refractivity contribution >= 4 is 17.7 Å². The van der Waals surface area contributed by atoms with E-state index in [1.807, 2.05) is 6.92 Å². The van der Waals surface area contributed by atoms with Crippen LogP contribution in [0.1, 0.15) is 46.9 Å². The fourth-order valence-corrected chi connectivity index (χ4v) is 2.79. The lowest BCUT2D eigenvalue weighted by atomic mass is 10.2. The minimum atomic E-state index is -1.03. The summed E-state index contributed by atoms with van der Waals surface area (Å²) in [6.45, 7) is 5.43. The molecule has 21 heavy (non-hydrogen) atoms. The molecule has 0 radical (unpaired) electrons. The van der Waals surface area contributed by atoms with Crippen LogP contribution >= 0.6 is 11.8 Å². The lowest BCUT2D eigenvalue weighted by molar-refractivity contribution is 0.0690. The monoisotopic (exact) mass is 308 g/mol. The Hall–Kier alpha value is -1.96. The van der Waals surface area contributed by atoms with Gasteiger partial charge in [0, 0.05) is 6.42 Å². The van der Waals surface area contributed by atoms with Crippen LogP contribution in [0.3, 0.4) is 0 Å². The topological polar surface area (TPSA) is 102 Å². The molecule has 2 heterocycles. The van der Waals surface area contributed by atoms with Crippen molar-refractivity contribution in [3.63, 3.8) is 0 Å². The second-order valence-electron chi connectivity index (χ2n) is 4.48. The van der Waals surface area contributed by atoms with E-state index >= 15 is 0 Å². The summed E-state index contributed by atoms with van der Waals surface area (Å²) in [5.41, 5.74) is 0.577. The second-order valence-corrected chi connectivity index (χ2v) is 5.45. The molecule has 0 atom stereocenters. The summed E-state index contributed by atoms with van der Waals surface area (Å²) in [5, 5.41) is 13.5. The maximum Gasteiger partial charge on any atom is 0.340 e. The van der Waals surface area contributed by atoms with E-state index in [4.69, 9.17) is 4.52 Å². The van der Waals surface area contributed by atoms with Gasteiger partial charge in [0.2, 0.25) is 5.89 Å². The maximum absolute atomic E-state index is 11.3. The zero-order chi connectivity index (χ0) is 15.4. The van der Waals surface area contributed by atoms with Crippen molar-refractivity contribution in [3.8, 4) is 0 Å². The number of hydrogen-bond donors (Lipinski definition) is 1. The van der Waals surface area contributed by atoms with Crippen LogP contribution in [0.2, 0.25) is 0 Å². The molecule has 0 amide bonds. The van der Waals surface area contributed by atoms with Gasteiger partial charge >= 0.3 is 5.97 Å². The first-order chi connectivity index (χ1) is 10.0. The molecule has 2 aromatic rings. The highest BCUT2D eigenvalue weighted by Gasteiger charge is 2.18. The van der Waals surface area contributed by atoms with Gasteiger partial charge in [-0.3, -0.25) is 0 Å². The van der Waals surface area contributed by atoms with Gasteiger partial charge in [-0.1, -0.05) is 23.8 Å². The predicted molar refractivity (Wildman–Crippen MR) is 76.3 cm³/mol. The maximum atomic E-state index is 11.3. The van der Waals surface area contributed by atoms with Gasteiger partial charge in [0.25, 0.3) is 0 Å². The zero-order valence-electron chi connectivity index (χ0n) is 12.1. The molecular weight excluding hydrogens is 292 g/mol. The van der Waals surface area contributed by atoms with Crippen LogP contribution < -0.4 is 0 Å². The highest BCUT2D eigenvalue weighted by Crippen LogP contribution is 2.25. The van der Waals surface area contributed by atoms with E-state index in [1.165, 1.54) is 11.8 Å². The molecule has 0 aliphatic heterocycles. The van der Waals surface area contributed by atoms with Crippen LogP contribution in [0.25, 0.3) is 0 Å². The van der Waals surface area contributed by atoms with Gasteiger partial charge in [0.05, 0.1) is 11.4 Å². The molecule has 0 fully saturated rings. The number of aryl methyl sites for hydroxylation is 3. The fourth-order valence-electron chi connectivity index (χ4n) is 1.84. The molecule has 0 aromatic carbocycles. The average molecular weight is 308 g/mol. The number of thioether (sulfide) groups is 1. The van der Waals surface area contributed by atoms with Gasteiger partial charge in [-0.05, 0) is 20.3 Å². The van der Waals surface area contributed by atoms with E-state index in [1.54, 1.807) is 13.8 Å². The molecule has 2 rings (SSSR count). The van der Waals surface area contributed by atoms with Crippen LogP contribution in [0.4, 0.5) is 0 Å². The van der Waals surface area contributed by atoms with Crippen LogP contribution in [-0.4, -0.2) is 31.2 Å². The number of carbonyl (C=O) groups is 1. The first-order valence-electron chi connectivity index (χ1n) is 6.54. The largest absolute Gasteiger partial charge is 0.478 e. The van der Waals surface area contributed by atoms with Crippen LogP contribution in [-0.2, 0) is 12.2 Å². The second kappa shape index (κ2) is 6.66. The van der Waals surface area contributed by atoms with Gasteiger partial charge in [0.1, 0.15) is 16.4 Å². The minimum absolute atomic E-state index is 0.124. The summed E-state index contributed by atoms with van der Waals surface area (Å²) in [5.74, 6) is 1.02. The Balaban J connectivity index is 2.17. The first-order valence-corrected chi connectivity index (χ1v) is 7.52.